The van der Waals surface area contributed by atoms with E-state index in [2.05, 4.69) is 28.7 Å². The lowest BCUT2D eigenvalue weighted by Gasteiger charge is -2.23. The highest BCUT2D eigenvalue weighted by Gasteiger charge is 2.30. The summed E-state index contributed by atoms with van der Waals surface area (Å²) in [5.74, 6) is 0. The molecule has 0 fully saturated rings. The molecule has 3 rings (SSSR count). The number of aryl methyl sites for hydroxylation is 1. The number of nitrogens with zero attached hydrogens (tertiary/aromatic N) is 2. The minimum absolute atomic E-state index is 0.0144. The monoisotopic (exact) mass is 301 g/mol. The molecule has 0 spiro atoms. The summed E-state index contributed by atoms with van der Waals surface area (Å²) in [6.07, 6.45) is 1.70. The fourth-order valence-corrected chi connectivity index (χ4v) is 3.43. The van der Waals surface area contributed by atoms with Crippen molar-refractivity contribution in [1.82, 2.24) is 10.3 Å². The van der Waals surface area contributed by atoms with Crippen molar-refractivity contribution in [2.75, 3.05) is 11.4 Å². The molecule has 0 saturated heterocycles. The Kier molecular flexibility index (Phi) is 3.92. The predicted octanol–water partition coefficient (Wildman–Crippen LogP) is 3.15. The van der Waals surface area contributed by atoms with Crippen molar-refractivity contribution in [2.24, 2.45) is 0 Å². The molecule has 2 aromatic rings. The molecular formula is C16H19N3OS. The summed E-state index contributed by atoms with van der Waals surface area (Å²) in [6.45, 7) is 4.70. The van der Waals surface area contributed by atoms with Crippen molar-refractivity contribution in [2.45, 2.75) is 32.7 Å². The molecule has 1 aromatic carbocycles. The number of hydrogen-bond donors (Lipinski definition) is 1. The lowest BCUT2D eigenvalue weighted by atomic mass is 10.1. The van der Waals surface area contributed by atoms with E-state index in [1.165, 1.54) is 5.56 Å². The first-order valence-electron chi connectivity index (χ1n) is 7.21. The number of thiazole rings is 1. The molecule has 1 N–H and O–H groups in total. The van der Waals surface area contributed by atoms with Gasteiger partial charge in [-0.1, -0.05) is 18.2 Å². The van der Waals surface area contributed by atoms with E-state index in [0.717, 1.165) is 29.2 Å². The van der Waals surface area contributed by atoms with E-state index in [-0.39, 0.29) is 12.1 Å². The van der Waals surface area contributed by atoms with Crippen molar-refractivity contribution in [3.63, 3.8) is 0 Å². The smallest absolute Gasteiger partial charge is 0.322 e. The van der Waals surface area contributed by atoms with E-state index in [9.17, 15) is 4.79 Å². The fraction of sp³-hybridized carbons (Fsp3) is 0.375. The maximum atomic E-state index is 12.4. The van der Waals surface area contributed by atoms with Crippen LogP contribution in [-0.4, -0.2) is 23.6 Å². The molecule has 2 amide bonds. The van der Waals surface area contributed by atoms with Gasteiger partial charge < -0.3 is 5.32 Å². The van der Waals surface area contributed by atoms with E-state index in [0.29, 0.717) is 6.54 Å². The molecule has 1 aliphatic rings. The third kappa shape index (κ3) is 2.93. The third-order valence-electron chi connectivity index (χ3n) is 3.75. The number of aromatic nitrogens is 1. The van der Waals surface area contributed by atoms with Gasteiger partial charge in [0.05, 0.1) is 10.7 Å². The highest BCUT2D eigenvalue weighted by Crippen LogP contribution is 2.31. The number of amides is 2. The molecule has 4 nitrogen and oxygen atoms in total. The van der Waals surface area contributed by atoms with Crippen molar-refractivity contribution >= 4 is 23.1 Å². The summed E-state index contributed by atoms with van der Waals surface area (Å²) in [4.78, 5) is 18.7. The second kappa shape index (κ2) is 5.85. The Morgan fingerprint density at radius 2 is 2.29 bits per heavy atom. The normalized spacial score (nSPS) is 16.9. The SMILES string of the molecule is Cc1nc(CCNC(=O)N2c3ccccc3CC2C)cs1. The second-order valence-electron chi connectivity index (χ2n) is 5.39. The van der Waals surface area contributed by atoms with Gasteiger partial charge in [0.15, 0.2) is 0 Å². The van der Waals surface area contributed by atoms with Gasteiger partial charge in [-0.3, -0.25) is 4.90 Å². The molecule has 0 bridgehead atoms. The van der Waals surface area contributed by atoms with Crippen LogP contribution in [0.3, 0.4) is 0 Å². The average Bonchev–Trinajstić information content (AvgIpc) is 3.01. The molecule has 1 aromatic heterocycles. The first-order chi connectivity index (χ1) is 10.1. The Morgan fingerprint density at radius 3 is 3.05 bits per heavy atom. The molecule has 0 aliphatic carbocycles. The summed E-state index contributed by atoms with van der Waals surface area (Å²) in [5, 5.41) is 6.12. The number of urea groups is 1. The van der Waals surface area contributed by atoms with Gasteiger partial charge in [0.1, 0.15) is 0 Å². The van der Waals surface area contributed by atoms with E-state index < -0.39 is 0 Å². The third-order valence-corrected chi connectivity index (χ3v) is 4.57. The number of carbonyl (C=O) groups is 1. The lowest BCUT2D eigenvalue weighted by molar-refractivity contribution is 0.245. The Bertz CT molecular complexity index is 652. The van der Waals surface area contributed by atoms with Crippen LogP contribution in [-0.2, 0) is 12.8 Å². The molecule has 1 aliphatic heterocycles. The van der Waals surface area contributed by atoms with Crippen LogP contribution < -0.4 is 10.2 Å². The highest BCUT2D eigenvalue weighted by molar-refractivity contribution is 7.09. The molecule has 1 atom stereocenters. The van der Waals surface area contributed by atoms with Crippen LogP contribution in [0.2, 0.25) is 0 Å². The largest absolute Gasteiger partial charge is 0.337 e. The van der Waals surface area contributed by atoms with Crippen LogP contribution in [0.25, 0.3) is 0 Å². The highest BCUT2D eigenvalue weighted by atomic mass is 32.1. The van der Waals surface area contributed by atoms with E-state index in [1.807, 2.05) is 30.0 Å². The Morgan fingerprint density at radius 1 is 1.48 bits per heavy atom. The number of para-hydroxylation sites is 1. The van der Waals surface area contributed by atoms with Gasteiger partial charge >= 0.3 is 6.03 Å². The molecule has 110 valence electrons. The number of rotatable bonds is 3. The first kappa shape index (κ1) is 14.1. The standard InChI is InChI=1S/C16H19N3OS/c1-11-9-13-5-3-4-6-15(13)19(11)16(20)17-8-7-14-10-21-12(2)18-14/h3-6,10-11H,7-9H2,1-2H3,(H,17,20). The van der Waals surface area contributed by atoms with Crippen molar-refractivity contribution in [3.8, 4) is 0 Å². The number of anilines is 1. The number of nitrogens with one attached hydrogen (secondary N) is 1. The van der Waals surface area contributed by atoms with Crippen LogP contribution in [0.15, 0.2) is 29.6 Å². The summed E-state index contributed by atoms with van der Waals surface area (Å²) in [5.41, 5.74) is 3.33. The molecule has 21 heavy (non-hydrogen) atoms. The zero-order valence-electron chi connectivity index (χ0n) is 12.3. The van der Waals surface area contributed by atoms with E-state index in [1.54, 1.807) is 11.3 Å². The minimum Gasteiger partial charge on any atom is -0.337 e. The number of fused-ring (bicyclic) bond motifs is 1. The maximum absolute atomic E-state index is 12.4. The van der Waals surface area contributed by atoms with Crippen LogP contribution in [0.4, 0.5) is 10.5 Å². The van der Waals surface area contributed by atoms with Crippen LogP contribution >= 0.6 is 11.3 Å². The van der Waals surface area contributed by atoms with Crippen LogP contribution in [0.5, 0.6) is 0 Å². The minimum atomic E-state index is -0.0144. The van der Waals surface area contributed by atoms with E-state index >= 15 is 0 Å². The van der Waals surface area contributed by atoms with Gasteiger partial charge in [0.25, 0.3) is 0 Å². The summed E-state index contributed by atoms with van der Waals surface area (Å²) in [6, 6.07) is 8.31. The van der Waals surface area contributed by atoms with Crippen molar-refractivity contribution < 1.29 is 4.79 Å². The van der Waals surface area contributed by atoms with Crippen molar-refractivity contribution in [3.05, 3.63) is 45.9 Å². The molecular weight excluding hydrogens is 282 g/mol. The molecule has 2 heterocycles. The van der Waals surface area contributed by atoms with Gasteiger partial charge in [-0.15, -0.1) is 11.3 Å². The Hall–Kier alpha value is -1.88. The Labute approximate surface area is 128 Å². The predicted molar refractivity (Wildman–Crippen MR) is 86.0 cm³/mol. The summed E-state index contributed by atoms with van der Waals surface area (Å²) >= 11 is 1.65. The molecule has 0 saturated carbocycles. The van der Waals surface area contributed by atoms with Gasteiger partial charge in [-0.2, -0.15) is 0 Å². The van der Waals surface area contributed by atoms with Crippen LogP contribution in [0.1, 0.15) is 23.2 Å². The molecule has 0 radical (unpaired) electrons. The zero-order chi connectivity index (χ0) is 14.8. The first-order valence-corrected chi connectivity index (χ1v) is 8.09. The van der Waals surface area contributed by atoms with Gasteiger partial charge in [-0.05, 0) is 31.9 Å². The van der Waals surface area contributed by atoms with E-state index in [4.69, 9.17) is 0 Å². The Balaban J connectivity index is 1.60. The maximum Gasteiger partial charge on any atom is 0.322 e. The second-order valence-corrected chi connectivity index (χ2v) is 6.45. The molecule has 1 unspecified atom stereocenters. The number of benzene rings is 1. The molecule has 5 heteroatoms. The quantitative estimate of drug-likeness (QED) is 0.946. The zero-order valence-corrected chi connectivity index (χ0v) is 13.1. The summed E-state index contributed by atoms with van der Waals surface area (Å²) in [7, 11) is 0. The average molecular weight is 301 g/mol. The van der Waals surface area contributed by atoms with Crippen LogP contribution in [0, 0.1) is 6.92 Å². The van der Waals surface area contributed by atoms with Crippen molar-refractivity contribution in [1.29, 1.82) is 0 Å². The number of carbonyl (C=O) groups excluding carboxylic acids is 1. The topological polar surface area (TPSA) is 45.2 Å². The van der Waals surface area contributed by atoms with Gasteiger partial charge in [0.2, 0.25) is 0 Å². The van der Waals surface area contributed by atoms with Gasteiger partial charge in [0, 0.05) is 30.1 Å². The summed E-state index contributed by atoms with van der Waals surface area (Å²) < 4.78 is 0. The lowest BCUT2D eigenvalue weighted by Crippen LogP contribution is -2.43. The fourth-order valence-electron chi connectivity index (χ4n) is 2.78. The van der Waals surface area contributed by atoms with Gasteiger partial charge in [-0.25, -0.2) is 9.78 Å². The number of hydrogen-bond acceptors (Lipinski definition) is 3.